The lowest BCUT2D eigenvalue weighted by atomic mass is 10.0. The highest BCUT2D eigenvalue weighted by Gasteiger charge is 2.22. The van der Waals surface area contributed by atoms with Gasteiger partial charge in [0, 0.05) is 47.7 Å². The van der Waals surface area contributed by atoms with E-state index < -0.39 is 11.4 Å². The molecule has 0 saturated carbocycles. The summed E-state index contributed by atoms with van der Waals surface area (Å²) >= 11 is 12.2. The van der Waals surface area contributed by atoms with E-state index in [4.69, 9.17) is 23.2 Å². The van der Waals surface area contributed by atoms with Crippen molar-refractivity contribution in [3.8, 4) is 11.3 Å². The van der Waals surface area contributed by atoms with Gasteiger partial charge < -0.3 is 14.5 Å². The minimum absolute atomic E-state index is 0.269. The zero-order chi connectivity index (χ0) is 22.5. The Morgan fingerprint density at radius 1 is 1.23 bits per heavy atom. The number of rotatable bonds is 7. The Labute approximate surface area is 188 Å². The first-order valence-electron chi connectivity index (χ1n) is 9.32. The predicted molar refractivity (Wildman–Crippen MR) is 120 cm³/mol. The number of carboxylic acid groups (broad SMARTS) is 1. The lowest BCUT2D eigenvalue weighted by Gasteiger charge is -2.20. The van der Waals surface area contributed by atoms with Gasteiger partial charge in [0.1, 0.15) is 12.7 Å². The van der Waals surface area contributed by atoms with E-state index in [1.54, 1.807) is 29.0 Å². The first kappa shape index (κ1) is 22.5. The van der Waals surface area contributed by atoms with Crippen molar-refractivity contribution in [3.05, 3.63) is 85.4 Å². The molecule has 0 atom stereocenters. The highest BCUT2D eigenvalue weighted by molar-refractivity contribution is 6.42. The lowest BCUT2D eigenvalue weighted by molar-refractivity contribution is 0.0695. The summed E-state index contributed by atoms with van der Waals surface area (Å²) in [6, 6.07) is 9.76. The van der Waals surface area contributed by atoms with Crippen LogP contribution in [-0.4, -0.2) is 34.0 Å². The lowest BCUT2D eigenvalue weighted by Crippen LogP contribution is -2.23. The minimum Gasteiger partial charge on any atom is -0.477 e. The number of halogens is 2. The molecular weight excluding hydrogens is 441 g/mol. The molecule has 3 aromatic rings. The molecule has 0 amide bonds. The highest BCUT2D eigenvalue weighted by Crippen LogP contribution is 2.31. The number of hydrogen-bond donors (Lipinski definition) is 1. The molecule has 0 spiro atoms. The third-order valence-corrected chi connectivity index (χ3v) is 5.38. The summed E-state index contributed by atoms with van der Waals surface area (Å²) in [7, 11) is 1.45. The monoisotopic (exact) mass is 459 g/mol. The average molecular weight is 460 g/mol. The fraction of sp³-hybridized carbons (Fsp3) is 0.182. The zero-order valence-corrected chi connectivity index (χ0v) is 18.3. The average Bonchev–Trinajstić information content (AvgIpc) is 2.74. The topological polar surface area (TPSA) is 93.8 Å². The van der Waals surface area contributed by atoms with E-state index in [1.165, 1.54) is 19.4 Å². The van der Waals surface area contributed by atoms with Crippen molar-refractivity contribution in [1.29, 1.82) is 0 Å². The Morgan fingerprint density at radius 3 is 2.58 bits per heavy atom. The van der Waals surface area contributed by atoms with Crippen LogP contribution in [0.25, 0.3) is 11.3 Å². The number of hydrogen-bond acceptors (Lipinski definition) is 5. The molecule has 31 heavy (non-hydrogen) atoms. The second kappa shape index (κ2) is 9.76. The van der Waals surface area contributed by atoms with E-state index in [0.29, 0.717) is 34.9 Å². The quantitative estimate of drug-likeness (QED) is 0.414. The van der Waals surface area contributed by atoms with Gasteiger partial charge in [-0.3, -0.25) is 9.78 Å². The number of pyridine rings is 2. The van der Waals surface area contributed by atoms with Gasteiger partial charge in [0.15, 0.2) is 5.43 Å². The van der Waals surface area contributed by atoms with Crippen LogP contribution in [-0.2, 0) is 17.8 Å². The maximum absolute atomic E-state index is 12.8. The second-order valence-electron chi connectivity index (χ2n) is 6.58. The summed E-state index contributed by atoms with van der Waals surface area (Å²) < 4.78 is 1.78. The Kier molecular flexibility index (Phi) is 7.09. The van der Waals surface area contributed by atoms with Crippen LogP contribution in [0.2, 0.25) is 10.0 Å². The number of carboxylic acids is 1. The van der Waals surface area contributed by atoms with E-state index in [-0.39, 0.29) is 16.3 Å². The van der Waals surface area contributed by atoms with Crippen molar-refractivity contribution in [2.24, 2.45) is 5.16 Å². The van der Waals surface area contributed by atoms with Crippen molar-refractivity contribution in [3.63, 3.8) is 0 Å². The molecule has 7 nitrogen and oxygen atoms in total. The molecule has 0 bridgehead atoms. The van der Waals surface area contributed by atoms with Crippen LogP contribution in [0, 0.1) is 0 Å². The fourth-order valence-electron chi connectivity index (χ4n) is 3.27. The highest BCUT2D eigenvalue weighted by atomic mass is 35.5. The Morgan fingerprint density at radius 2 is 2.00 bits per heavy atom. The summed E-state index contributed by atoms with van der Waals surface area (Å²) in [6.07, 6.45) is 3.50. The van der Waals surface area contributed by atoms with Crippen LogP contribution in [0.15, 0.2) is 52.5 Å². The Bertz CT molecular complexity index is 1200. The molecule has 160 valence electrons. The molecule has 0 aliphatic heterocycles. The van der Waals surface area contributed by atoms with Gasteiger partial charge in [-0.2, -0.15) is 0 Å². The number of aromatic nitrogens is 2. The number of benzene rings is 1. The van der Waals surface area contributed by atoms with Crippen molar-refractivity contribution < 1.29 is 14.7 Å². The predicted octanol–water partition coefficient (Wildman–Crippen LogP) is 4.51. The summed E-state index contributed by atoms with van der Waals surface area (Å²) in [5, 5.41) is 14.0. The van der Waals surface area contributed by atoms with E-state index in [0.717, 1.165) is 5.56 Å². The van der Waals surface area contributed by atoms with Crippen molar-refractivity contribution >= 4 is 35.4 Å². The SMILES string of the molecule is CCn1c(Cc2ccc(/C=N/OC)cn2)cc(=O)c(C(=O)O)c1-c1ccc(Cl)c(Cl)c1. The van der Waals surface area contributed by atoms with Crippen molar-refractivity contribution in [1.82, 2.24) is 9.55 Å². The van der Waals surface area contributed by atoms with Crippen LogP contribution in [0.3, 0.4) is 0 Å². The van der Waals surface area contributed by atoms with Crippen LogP contribution in [0.5, 0.6) is 0 Å². The van der Waals surface area contributed by atoms with Gasteiger partial charge in [-0.1, -0.05) is 34.4 Å². The van der Waals surface area contributed by atoms with Gasteiger partial charge in [0.05, 0.1) is 22.0 Å². The first-order chi connectivity index (χ1) is 14.8. The first-order valence-corrected chi connectivity index (χ1v) is 10.1. The minimum atomic E-state index is -1.31. The van der Waals surface area contributed by atoms with E-state index in [9.17, 15) is 14.7 Å². The summed E-state index contributed by atoms with van der Waals surface area (Å²) in [4.78, 5) is 33.7. The summed E-state index contributed by atoms with van der Waals surface area (Å²) in [5.41, 5.74) is 1.96. The summed E-state index contributed by atoms with van der Waals surface area (Å²) in [5.74, 6) is -1.31. The molecule has 0 radical (unpaired) electrons. The third-order valence-electron chi connectivity index (χ3n) is 4.64. The number of carbonyl (C=O) groups is 1. The molecule has 3 rings (SSSR count). The molecule has 0 aliphatic carbocycles. The number of oxime groups is 1. The van der Waals surface area contributed by atoms with Gasteiger partial charge in [0.25, 0.3) is 0 Å². The zero-order valence-electron chi connectivity index (χ0n) is 16.8. The normalized spacial score (nSPS) is 11.1. The smallest absolute Gasteiger partial charge is 0.341 e. The van der Waals surface area contributed by atoms with Gasteiger partial charge in [-0.15, -0.1) is 0 Å². The Balaban J connectivity index is 2.15. The molecule has 0 aliphatic rings. The standard InChI is InChI=1S/C22H19Cl2N3O4/c1-3-27-16(9-15-6-4-13(11-25-15)12-26-31-2)10-19(28)20(22(29)30)21(27)14-5-7-17(23)18(24)8-14/h4-8,10-12H,3,9H2,1-2H3,(H,29,30)/b26-12+. The molecule has 0 fully saturated rings. The Hall–Kier alpha value is -3.16. The van der Waals surface area contributed by atoms with Gasteiger partial charge in [0.2, 0.25) is 0 Å². The van der Waals surface area contributed by atoms with E-state index in [2.05, 4.69) is 15.0 Å². The van der Waals surface area contributed by atoms with Crippen LogP contribution in [0.4, 0.5) is 0 Å². The maximum Gasteiger partial charge on any atom is 0.341 e. The van der Waals surface area contributed by atoms with Crippen LogP contribution < -0.4 is 5.43 Å². The molecular formula is C22H19Cl2N3O4. The number of nitrogens with zero attached hydrogens (tertiary/aromatic N) is 3. The van der Waals surface area contributed by atoms with E-state index >= 15 is 0 Å². The molecule has 1 N–H and O–H groups in total. The summed E-state index contributed by atoms with van der Waals surface area (Å²) in [6.45, 7) is 2.31. The third kappa shape index (κ3) is 4.95. The van der Waals surface area contributed by atoms with Gasteiger partial charge >= 0.3 is 5.97 Å². The van der Waals surface area contributed by atoms with Crippen molar-refractivity contribution in [2.45, 2.75) is 19.9 Å². The fourth-order valence-corrected chi connectivity index (χ4v) is 3.57. The molecule has 2 heterocycles. The molecule has 0 saturated heterocycles. The van der Waals surface area contributed by atoms with Crippen molar-refractivity contribution in [2.75, 3.05) is 7.11 Å². The second-order valence-corrected chi connectivity index (χ2v) is 7.39. The van der Waals surface area contributed by atoms with Gasteiger partial charge in [-0.25, -0.2) is 4.79 Å². The molecule has 0 unspecified atom stereocenters. The van der Waals surface area contributed by atoms with E-state index in [1.807, 2.05) is 19.1 Å². The van der Waals surface area contributed by atoms with Crippen LogP contribution >= 0.6 is 23.2 Å². The van der Waals surface area contributed by atoms with Gasteiger partial charge in [-0.05, 0) is 31.2 Å². The molecule has 9 heteroatoms. The molecule has 1 aromatic carbocycles. The number of aromatic carboxylic acids is 1. The molecule has 2 aromatic heterocycles. The largest absolute Gasteiger partial charge is 0.477 e. The van der Waals surface area contributed by atoms with Crippen LogP contribution in [0.1, 0.15) is 34.2 Å². The maximum atomic E-state index is 12.8.